The van der Waals surface area contributed by atoms with Crippen LogP contribution in [0.2, 0.25) is 0 Å². The third-order valence-corrected chi connectivity index (χ3v) is 8.06. The van der Waals surface area contributed by atoms with Gasteiger partial charge in [0.2, 0.25) is 17.7 Å². The number of carbonyl (C=O) groups excluding carboxylic acids is 3. The highest BCUT2D eigenvalue weighted by atomic mass is 32.1. The van der Waals surface area contributed by atoms with E-state index in [0.717, 1.165) is 21.7 Å². The Labute approximate surface area is 228 Å². The van der Waals surface area contributed by atoms with E-state index in [1.807, 2.05) is 45.0 Å². The summed E-state index contributed by atoms with van der Waals surface area (Å²) >= 11 is 1.56. The Kier molecular flexibility index (Phi) is 10.2. The number of aryl methyl sites for hydroxylation is 1. The van der Waals surface area contributed by atoms with Gasteiger partial charge in [-0.05, 0) is 43.7 Å². The number of aliphatic hydroxyl groups is 1. The lowest BCUT2D eigenvalue weighted by molar-refractivity contribution is -0.146. The molecule has 0 saturated carbocycles. The molecule has 0 bridgehead atoms. The van der Waals surface area contributed by atoms with Gasteiger partial charge in [-0.25, -0.2) is 4.98 Å². The molecule has 1 saturated heterocycles. The number of nitrogens with one attached hydrogen (secondary N) is 3. The molecule has 0 aliphatic carbocycles. The van der Waals surface area contributed by atoms with E-state index in [0.29, 0.717) is 25.1 Å². The zero-order valence-electron chi connectivity index (χ0n) is 22.8. The van der Waals surface area contributed by atoms with Gasteiger partial charge in [0.25, 0.3) is 0 Å². The molecule has 1 aliphatic rings. The largest absolute Gasteiger partial charge is 0.392 e. The van der Waals surface area contributed by atoms with Crippen molar-refractivity contribution < 1.29 is 19.5 Å². The average Bonchev–Trinajstić information content (AvgIpc) is 3.52. The van der Waals surface area contributed by atoms with Gasteiger partial charge in [-0.3, -0.25) is 14.4 Å². The van der Waals surface area contributed by atoms with Gasteiger partial charge in [0.1, 0.15) is 6.04 Å². The SMILES string of the molecule is CNC(=O)CC(NC(=O)[C@@H]1CCCN1C(=O)C(C(C)C)C(O)CC(C)=N)c1ccc(-c2scnc2C)cc1. The van der Waals surface area contributed by atoms with Gasteiger partial charge in [0.15, 0.2) is 0 Å². The van der Waals surface area contributed by atoms with E-state index < -0.39 is 24.1 Å². The van der Waals surface area contributed by atoms with E-state index in [1.54, 1.807) is 35.7 Å². The van der Waals surface area contributed by atoms with E-state index in [1.165, 1.54) is 0 Å². The molecule has 206 valence electrons. The highest BCUT2D eigenvalue weighted by Gasteiger charge is 2.41. The number of rotatable bonds is 11. The molecule has 3 unspecified atom stereocenters. The highest BCUT2D eigenvalue weighted by molar-refractivity contribution is 7.13. The van der Waals surface area contributed by atoms with Crippen molar-refractivity contribution in [1.29, 1.82) is 5.41 Å². The third-order valence-electron chi connectivity index (χ3n) is 7.08. The second-order valence-electron chi connectivity index (χ2n) is 10.3. The second kappa shape index (κ2) is 13.1. The lowest BCUT2D eigenvalue weighted by Gasteiger charge is -2.33. The average molecular weight is 542 g/mol. The van der Waals surface area contributed by atoms with Crippen LogP contribution in [-0.4, -0.2) is 64.2 Å². The maximum atomic E-state index is 13.5. The maximum Gasteiger partial charge on any atom is 0.243 e. The zero-order valence-corrected chi connectivity index (χ0v) is 23.6. The van der Waals surface area contributed by atoms with Gasteiger partial charge in [-0.15, -0.1) is 11.3 Å². The molecule has 0 spiro atoms. The third kappa shape index (κ3) is 7.05. The first kappa shape index (κ1) is 29.4. The first-order chi connectivity index (χ1) is 18.0. The smallest absolute Gasteiger partial charge is 0.243 e. The second-order valence-corrected chi connectivity index (χ2v) is 11.2. The molecule has 1 aromatic heterocycles. The number of hydrogen-bond acceptors (Lipinski definition) is 7. The van der Waals surface area contributed by atoms with Crippen LogP contribution < -0.4 is 10.6 Å². The first-order valence-corrected chi connectivity index (χ1v) is 13.9. The van der Waals surface area contributed by atoms with Crippen molar-refractivity contribution in [2.75, 3.05) is 13.6 Å². The van der Waals surface area contributed by atoms with Crippen LogP contribution in [0.4, 0.5) is 0 Å². The molecule has 1 aromatic carbocycles. The molecule has 4 atom stereocenters. The van der Waals surface area contributed by atoms with Crippen molar-refractivity contribution in [3.63, 3.8) is 0 Å². The van der Waals surface area contributed by atoms with Gasteiger partial charge in [0, 0.05) is 25.7 Å². The monoisotopic (exact) mass is 541 g/mol. The predicted molar refractivity (Wildman–Crippen MR) is 149 cm³/mol. The van der Waals surface area contributed by atoms with Crippen LogP contribution >= 0.6 is 11.3 Å². The van der Waals surface area contributed by atoms with Crippen LogP contribution in [0.3, 0.4) is 0 Å². The van der Waals surface area contributed by atoms with E-state index >= 15 is 0 Å². The minimum absolute atomic E-state index is 0.0633. The molecule has 10 heteroatoms. The Morgan fingerprint density at radius 1 is 1.21 bits per heavy atom. The van der Waals surface area contributed by atoms with Gasteiger partial charge in [0.05, 0.1) is 40.6 Å². The van der Waals surface area contributed by atoms with E-state index in [2.05, 4.69) is 15.6 Å². The highest BCUT2D eigenvalue weighted by Crippen LogP contribution is 2.30. The van der Waals surface area contributed by atoms with Crippen LogP contribution in [0.1, 0.15) is 63.8 Å². The van der Waals surface area contributed by atoms with Crippen LogP contribution in [0.15, 0.2) is 29.8 Å². The lowest BCUT2D eigenvalue weighted by Crippen LogP contribution is -2.51. The minimum Gasteiger partial charge on any atom is -0.392 e. The molecular formula is C28H39N5O4S. The van der Waals surface area contributed by atoms with Crippen molar-refractivity contribution in [3.05, 3.63) is 41.0 Å². The van der Waals surface area contributed by atoms with Crippen molar-refractivity contribution in [2.45, 2.75) is 71.6 Å². The number of hydrogen-bond donors (Lipinski definition) is 4. The summed E-state index contributed by atoms with van der Waals surface area (Å²) < 4.78 is 0. The molecule has 1 fully saturated rings. The van der Waals surface area contributed by atoms with E-state index in [-0.39, 0.29) is 36.5 Å². The molecular weight excluding hydrogens is 502 g/mol. The molecule has 2 aromatic rings. The topological polar surface area (TPSA) is 135 Å². The maximum absolute atomic E-state index is 13.5. The summed E-state index contributed by atoms with van der Waals surface area (Å²) in [7, 11) is 1.56. The Hall–Kier alpha value is -3.11. The van der Waals surface area contributed by atoms with Crippen LogP contribution in [-0.2, 0) is 14.4 Å². The number of nitrogens with zero attached hydrogens (tertiary/aromatic N) is 2. The Morgan fingerprint density at radius 3 is 2.45 bits per heavy atom. The minimum atomic E-state index is -0.981. The summed E-state index contributed by atoms with van der Waals surface area (Å²) in [6.45, 7) is 7.73. The Bertz CT molecular complexity index is 1150. The summed E-state index contributed by atoms with van der Waals surface area (Å²) in [5.74, 6) is -1.64. The van der Waals surface area contributed by atoms with E-state index in [4.69, 9.17) is 5.41 Å². The number of benzene rings is 1. The molecule has 3 amide bonds. The quantitative estimate of drug-likeness (QED) is 0.323. The fraction of sp³-hybridized carbons (Fsp3) is 0.536. The number of amides is 3. The molecule has 1 aliphatic heterocycles. The number of thiazole rings is 1. The molecule has 2 heterocycles. The molecule has 0 radical (unpaired) electrons. The number of likely N-dealkylation sites (tertiary alicyclic amines) is 1. The lowest BCUT2D eigenvalue weighted by atomic mass is 9.86. The van der Waals surface area contributed by atoms with Crippen LogP contribution in [0.5, 0.6) is 0 Å². The van der Waals surface area contributed by atoms with Crippen LogP contribution in [0, 0.1) is 24.2 Å². The normalized spacial score (nSPS) is 17.7. The summed E-state index contributed by atoms with van der Waals surface area (Å²) in [5, 5.41) is 24.1. The number of carbonyl (C=O) groups is 3. The van der Waals surface area contributed by atoms with Crippen molar-refractivity contribution in [1.82, 2.24) is 20.5 Å². The van der Waals surface area contributed by atoms with Crippen molar-refractivity contribution in [2.24, 2.45) is 11.8 Å². The van der Waals surface area contributed by atoms with Crippen molar-refractivity contribution in [3.8, 4) is 10.4 Å². The molecule has 3 rings (SSSR count). The molecule has 4 N–H and O–H groups in total. The van der Waals surface area contributed by atoms with Gasteiger partial charge in [-0.1, -0.05) is 38.1 Å². The predicted octanol–water partition coefficient (Wildman–Crippen LogP) is 3.47. The van der Waals surface area contributed by atoms with Gasteiger partial charge in [-0.2, -0.15) is 0 Å². The molecule has 9 nitrogen and oxygen atoms in total. The van der Waals surface area contributed by atoms with E-state index in [9.17, 15) is 19.5 Å². The van der Waals surface area contributed by atoms with Gasteiger partial charge < -0.3 is 26.0 Å². The van der Waals surface area contributed by atoms with Crippen LogP contribution in [0.25, 0.3) is 10.4 Å². The fourth-order valence-corrected chi connectivity index (χ4v) is 5.89. The van der Waals surface area contributed by atoms with Gasteiger partial charge >= 0.3 is 0 Å². The Morgan fingerprint density at radius 2 is 1.89 bits per heavy atom. The summed E-state index contributed by atoms with van der Waals surface area (Å²) in [6, 6.07) is 6.50. The molecule has 38 heavy (non-hydrogen) atoms. The standard InChI is InChI=1S/C28H39N5O4S/c1-16(2)25(23(34)13-17(3)29)28(37)33-12-6-7-22(33)27(36)32-21(14-24(35)30-5)19-8-10-20(11-9-19)26-18(4)31-15-38-26/h8-11,15-16,21-23,25,29,34H,6-7,12-14H2,1-5H3,(H,30,35)(H,32,36)/t21?,22-,23?,25?/m0/s1. The summed E-state index contributed by atoms with van der Waals surface area (Å²) in [6.07, 6.45) is 0.389. The summed E-state index contributed by atoms with van der Waals surface area (Å²) in [5.41, 5.74) is 4.87. The first-order valence-electron chi connectivity index (χ1n) is 13.1. The fourth-order valence-electron chi connectivity index (χ4n) is 5.08. The number of aromatic nitrogens is 1. The summed E-state index contributed by atoms with van der Waals surface area (Å²) in [4.78, 5) is 46.3. The Balaban J connectivity index is 1.80. The zero-order chi connectivity index (χ0) is 28.0. The number of aliphatic hydroxyl groups excluding tert-OH is 1. The van der Waals surface area contributed by atoms with Crippen molar-refractivity contribution >= 4 is 34.8 Å².